The lowest BCUT2D eigenvalue weighted by Gasteiger charge is -2.06. The molecular weight excluding hydrogens is 240 g/mol. The molecule has 0 spiro atoms. The Kier molecular flexibility index (Phi) is 3.51. The Bertz CT molecular complexity index is 533. The molecule has 0 fully saturated rings. The SMILES string of the molecule is Cc1nc(Oc2cncc(Cl)c2)ncc1CN. The molecule has 0 radical (unpaired) electrons. The maximum Gasteiger partial charge on any atom is 0.322 e. The quantitative estimate of drug-likeness (QED) is 0.903. The highest BCUT2D eigenvalue weighted by atomic mass is 35.5. The molecule has 0 aliphatic rings. The van der Waals surface area contributed by atoms with Crippen molar-refractivity contribution in [3.05, 3.63) is 40.9 Å². The van der Waals surface area contributed by atoms with E-state index < -0.39 is 0 Å². The summed E-state index contributed by atoms with van der Waals surface area (Å²) in [4.78, 5) is 12.1. The van der Waals surface area contributed by atoms with Crippen LogP contribution in [0.15, 0.2) is 24.7 Å². The van der Waals surface area contributed by atoms with Crippen molar-refractivity contribution >= 4 is 11.6 Å². The fourth-order valence-electron chi connectivity index (χ4n) is 1.27. The Labute approximate surface area is 104 Å². The van der Waals surface area contributed by atoms with Crippen LogP contribution in [0, 0.1) is 6.92 Å². The zero-order valence-corrected chi connectivity index (χ0v) is 9.98. The molecule has 0 saturated carbocycles. The van der Waals surface area contributed by atoms with Crippen molar-refractivity contribution < 1.29 is 4.74 Å². The van der Waals surface area contributed by atoms with Gasteiger partial charge in [0.2, 0.25) is 0 Å². The fourth-order valence-corrected chi connectivity index (χ4v) is 1.44. The highest BCUT2D eigenvalue weighted by molar-refractivity contribution is 6.30. The first-order valence-electron chi connectivity index (χ1n) is 5.00. The van der Waals surface area contributed by atoms with E-state index in [0.29, 0.717) is 17.3 Å². The van der Waals surface area contributed by atoms with Gasteiger partial charge in [-0.1, -0.05) is 11.6 Å². The third kappa shape index (κ3) is 2.89. The molecule has 0 aliphatic carbocycles. The van der Waals surface area contributed by atoms with E-state index in [0.717, 1.165) is 11.3 Å². The molecule has 17 heavy (non-hydrogen) atoms. The zero-order chi connectivity index (χ0) is 12.3. The summed E-state index contributed by atoms with van der Waals surface area (Å²) in [5.41, 5.74) is 7.21. The van der Waals surface area contributed by atoms with Crippen molar-refractivity contribution in [1.82, 2.24) is 15.0 Å². The average molecular weight is 251 g/mol. The van der Waals surface area contributed by atoms with Gasteiger partial charge < -0.3 is 10.5 Å². The topological polar surface area (TPSA) is 73.9 Å². The van der Waals surface area contributed by atoms with Gasteiger partial charge in [-0.3, -0.25) is 4.98 Å². The average Bonchev–Trinajstić information content (AvgIpc) is 2.29. The van der Waals surface area contributed by atoms with Crippen molar-refractivity contribution in [3.63, 3.8) is 0 Å². The van der Waals surface area contributed by atoms with Gasteiger partial charge in [0.25, 0.3) is 0 Å². The maximum absolute atomic E-state index is 5.79. The summed E-state index contributed by atoms with van der Waals surface area (Å²) >= 11 is 5.79. The number of rotatable bonds is 3. The first-order valence-corrected chi connectivity index (χ1v) is 5.38. The summed E-state index contributed by atoms with van der Waals surface area (Å²) in [5.74, 6) is 0.498. The van der Waals surface area contributed by atoms with E-state index in [-0.39, 0.29) is 6.01 Å². The van der Waals surface area contributed by atoms with Crippen molar-refractivity contribution in [2.45, 2.75) is 13.5 Å². The molecule has 0 saturated heterocycles. The Morgan fingerprint density at radius 3 is 2.82 bits per heavy atom. The van der Waals surface area contributed by atoms with Crippen LogP contribution >= 0.6 is 11.6 Å². The molecule has 0 amide bonds. The third-order valence-electron chi connectivity index (χ3n) is 2.17. The molecule has 0 aromatic carbocycles. The van der Waals surface area contributed by atoms with Gasteiger partial charge in [-0.2, -0.15) is 4.98 Å². The smallest absolute Gasteiger partial charge is 0.322 e. The van der Waals surface area contributed by atoms with Crippen LogP contribution in [0.25, 0.3) is 0 Å². The second kappa shape index (κ2) is 5.07. The van der Waals surface area contributed by atoms with E-state index in [1.54, 1.807) is 18.5 Å². The lowest BCUT2D eigenvalue weighted by atomic mass is 10.2. The molecule has 0 atom stereocenters. The van der Waals surface area contributed by atoms with Crippen molar-refractivity contribution in [3.8, 4) is 11.8 Å². The van der Waals surface area contributed by atoms with E-state index in [4.69, 9.17) is 22.1 Å². The first kappa shape index (κ1) is 11.8. The maximum atomic E-state index is 5.79. The number of hydrogen-bond acceptors (Lipinski definition) is 5. The molecule has 5 nitrogen and oxygen atoms in total. The van der Waals surface area contributed by atoms with Crippen LogP contribution in [0.1, 0.15) is 11.3 Å². The largest absolute Gasteiger partial charge is 0.423 e. The van der Waals surface area contributed by atoms with E-state index in [1.165, 1.54) is 6.20 Å². The molecule has 0 aliphatic heterocycles. The molecule has 2 aromatic heterocycles. The van der Waals surface area contributed by atoms with Crippen LogP contribution in [0.5, 0.6) is 11.8 Å². The number of nitrogens with zero attached hydrogens (tertiary/aromatic N) is 3. The van der Waals surface area contributed by atoms with Gasteiger partial charge in [0.05, 0.1) is 11.2 Å². The molecule has 2 rings (SSSR count). The van der Waals surface area contributed by atoms with Crippen LogP contribution in [0.3, 0.4) is 0 Å². The monoisotopic (exact) mass is 250 g/mol. The summed E-state index contributed by atoms with van der Waals surface area (Å²) in [6, 6.07) is 1.90. The molecule has 2 aromatic rings. The lowest BCUT2D eigenvalue weighted by molar-refractivity contribution is 0.437. The molecule has 2 N–H and O–H groups in total. The van der Waals surface area contributed by atoms with E-state index in [2.05, 4.69) is 15.0 Å². The zero-order valence-electron chi connectivity index (χ0n) is 9.22. The Morgan fingerprint density at radius 2 is 2.18 bits per heavy atom. The summed E-state index contributed by atoms with van der Waals surface area (Å²) in [5, 5.41) is 0.498. The number of hydrogen-bond donors (Lipinski definition) is 1. The van der Waals surface area contributed by atoms with Crippen molar-refractivity contribution in [2.24, 2.45) is 5.73 Å². The van der Waals surface area contributed by atoms with Gasteiger partial charge in [0.15, 0.2) is 5.75 Å². The number of halogens is 1. The predicted molar refractivity (Wildman–Crippen MR) is 64.0 cm³/mol. The Morgan fingerprint density at radius 1 is 1.35 bits per heavy atom. The van der Waals surface area contributed by atoms with Crippen LogP contribution in [-0.2, 0) is 6.54 Å². The number of aromatic nitrogens is 3. The van der Waals surface area contributed by atoms with Crippen LogP contribution in [-0.4, -0.2) is 15.0 Å². The van der Waals surface area contributed by atoms with Gasteiger partial charge in [-0.05, 0) is 6.92 Å². The minimum Gasteiger partial charge on any atom is -0.423 e. The summed E-state index contributed by atoms with van der Waals surface area (Å²) in [6.07, 6.45) is 4.72. The molecule has 2 heterocycles. The molecule has 0 unspecified atom stereocenters. The second-order valence-electron chi connectivity index (χ2n) is 3.41. The van der Waals surface area contributed by atoms with E-state index in [9.17, 15) is 0 Å². The highest BCUT2D eigenvalue weighted by Gasteiger charge is 2.04. The number of aryl methyl sites for hydroxylation is 1. The molecular formula is C11H11ClN4O. The summed E-state index contributed by atoms with van der Waals surface area (Å²) in [7, 11) is 0. The third-order valence-corrected chi connectivity index (χ3v) is 2.37. The minimum absolute atomic E-state index is 0.253. The normalized spacial score (nSPS) is 10.3. The Hall–Kier alpha value is -1.72. The fraction of sp³-hybridized carbons (Fsp3) is 0.182. The number of nitrogens with two attached hydrogens (primary N) is 1. The van der Waals surface area contributed by atoms with E-state index in [1.807, 2.05) is 6.92 Å². The number of ether oxygens (including phenoxy) is 1. The number of pyridine rings is 1. The van der Waals surface area contributed by atoms with Crippen LogP contribution in [0.2, 0.25) is 5.02 Å². The minimum atomic E-state index is 0.253. The van der Waals surface area contributed by atoms with Crippen molar-refractivity contribution in [2.75, 3.05) is 0 Å². The lowest BCUT2D eigenvalue weighted by Crippen LogP contribution is -2.03. The van der Waals surface area contributed by atoms with E-state index >= 15 is 0 Å². The van der Waals surface area contributed by atoms with Crippen molar-refractivity contribution in [1.29, 1.82) is 0 Å². The first-order chi connectivity index (χ1) is 8.19. The molecule has 88 valence electrons. The highest BCUT2D eigenvalue weighted by Crippen LogP contribution is 2.20. The standard InChI is InChI=1S/C11H11ClN4O/c1-7-8(3-13)4-15-11(16-7)17-10-2-9(12)5-14-6-10/h2,4-6H,3,13H2,1H3. The van der Waals surface area contributed by atoms with Crippen LogP contribution in [0.4, 0.5) is 0 Å². The summed E-state index contributed by atoms with van der Waals surface area (Å²) < 4.78 is 5.43. The summed E-state index contributed by atoms with van der Waals surface area (Å²) in [6.45, 7) is 2.26. The van der Waals surface area contributed by atoms with Gasteiger partial charge in [-0.25, -0.2) is 4.98 Å². The molecule has 0 bridgehead atoms. The van der Waals surface area contributed by atoms with Gasteiger partial charge in [0, 0.05) is 36.3 Å². The van der Waals surface area contributed by atoms with Crippen LogP contribution < -0.4 is 10.5 Å². The Balaban J connectivity index is 2.22. The van der Waals surface area contributed by atoms with Gasteiger partial charge in [-0.15, -0.1) is 0 Å². The van der Waals surface area contributed by atoms with Gasteiger partial charge in [0.1, 0.15) is 0 Å². The predicted octanol–water partition coefficient (Wildman–Crippen LogP) is 2.08. The van der Waals surface area contributed by atoms with Gasteiger partial charge >= 0.3 is 6.01 Å². The molecule has 6 heteroatoms. The second-order valence-corrected chi connectivity index (χ2v) is 3.84.